The molecule has 0 aliphatic carbocycles. The van der Waals surface area contributed by atoms with Gasteiger partial charge in [0.1, 0.15) is 44.1 Å². The zero-order valence-electron chi connectivity index (χ0n) is 63.6. The maximum atomic E-state index is 13.1. The van der Waals surface area contributed by atoms with Crippen LogP contribution >= 0.6 is 15.6 Å². The first-order chi connectivity index (χ1) is 49.9. The highest BCUT2D eigenvalue weighted by Crippen LogP contribution is 2.45. The number of aliphatic hydroxyl groups excluding tert-OH is 1. The van der Waals surface area contributed by atoms with E-state index < -0.39 is 72.3 Å². The van der Waals surface area contributed by atoms with Crippen molar-refractivity contribution in [1.29, 1.82) is 0 Å². The third-order valence-electron chi connectivity index (χ3n) is 16.4. The molecule has 0 aromatic rings. The maximum Gasteiger partial charge on any atom is 0.472 e. The Kier molecular flexibility index (Phi) is 74.6. The number of ether oxygens (including phenoxy) is 4. The number of hydrogen-bond donors (Lipinski definition) is 3. The number of phosphoric acid groups is 2. The first kappa shape index (κ1) is 97.8. The molecule has 3 N–H and O–H groups in total. The van der Waals surface area contributed by atoms with Crippen molar-refractivity contribution in [2.75, 3.05) is 52.9 Å². The topological polar surface area (TPSA) is 237 Å². The second-order valence-corrected chi connectivity index (χ2v) is 29.1. The molecule has 586 valence electrons. The minimum Gasteiger partial charge on any atom is -0.463 e. The first-order valence-corrected chi connectivity index (χ1v) is 42.7. The lowest BCUT2D eigenvalue weighted by Gasteiger charge is -2.21. The Morgan fingerprint density at radius 3 is 0.833 bits per heavy atom. The summed E-state index contributed by atoms with van der Waals surface area (Å²) in [5.41, 5.74) is 0. The van der Waals surface area contributed by atoms with Gasteiger partial charge in [0, 0.05) is 38.9 Å². The lowest BCUT2D eigenvalue weighted by Crippen LogP contribution is -2.28. The molecule has 0 aromatic carbocycles. The van der Waals surface area contributed by atoms with E-state index in [1.165, 1.54) is 38.5 Å². The van der Waals surface area contributed by atoms with Crippen LogP contribution in [0.5, 0.6) is 0 Å². The van der Waals surface area contributed by atoms with Crippen LogP contribution in [0.15, 0.2) is 122 Å². The Morgan fingerprint density at radius 2 is 0.539 bits per heavy atom. The fraction of sp³-hybridized carbons (Fsp3) is 0.711. The molecule has 0 aliphatic rings. The van der Waals surface area contributed by atoms with Gasteiger partial charge in [0.05, 0.1) is 26.4 Å². The molecule has 0 saturated heterocycles. The number of esters is 2. The highest BCUT2D eigenvalue weighted by Gasteiger charge is 2.29. The fourth-order valence-corrected chi connectivity index (χ4v) is 11.9. The predicted molar refractivity (Wildman–Crippen MR) is 418 cm³/mol. The normalized spacial score (nSPS) is 14.6. The molecule has 0 amide bonds. The second kappa shape index (κ2) is 77.9. The van der Waals surface area contributed by atoms with Gasteiger partial charge in [-0.2, -0.15) is 0 Å². The van der Waals surface area contributed by atoms with Crippen molar-refractivity contribution in [2.45, 2.75) is 328 Å². The van der Waals surface area contributed by atoms with Crippen LogP contribution in [0.1, 0.15) is 309 Å². The van der Waals surface area contributed by atoms with Crippen LogP contribution in [0, 0.1) is 0 Å². The second-order valence-electron chi connectivity index (χ2n) is 26.2. The van der Waals surface area contributed by atoms with E-state index in [2.05, 4.69) is 123 Å². The lowest BCUT2D eigenvalue weighted by molar-refractivity contribution is -0.149. The number of aliphatic hydroxyl groups is 1. The van der Waals surface area contributed by atoms with E-state index in [0.29, 0.717) is 58.2 Å². The van der Waals surface area contributed by atoms with Crippen molar-refractivity contribution in [3.05, 3.63) is 122 Å². The standard InChI is InChI=1S/C83H142O17P2/c1-3-5-7-9-11-13-15-17-19-21-25-31-37-43-49-55-61-67-82(87)95-75-80(93-71-65-59-53-47-41-35-29-24-23-27-33-39-45-51-57-63-69-84)77-99-101(89,90)97-73-79(86)74-98-102(91,92)100-78-81(94-72-66-60-54-48-42-36-30-28-34-40-46-52-58-64-70-85)76-96-83(88)68-62-56-50-44-38-32-26-22-20-18-16-14-12-10-8-6-4-2/h11-14,17-20,23,25-28,30-32,43-44,49-50,69-70,79-81,86H,3-10,15-16,21-22,24,29,33-42,45-48,51-68,71-78H2,1-2H3,(H,89,90)(H,91,92)/b13-11-,14-12-,19-17-,20-18-,27-23-,30-28-,31-25-,32-26-,49-43-,50-44-/t79-,80-,81-/m1/s1. The van der Waals surface area contributed by atoms with Crippen LogP contribution in [0.25, 0.3) is 0 Å². The Labute approximate surface area is 619 Å². The van der Waals surface area contributed by atoms with Crippen molar-refractivity contribution in [3.8, 4) is 0 Å². The molecule has 19 heteroatoms. The largest absolute Gasteiger partial charge is 0.472 e. The minimum atomic E-state index is -4.85. The number of phosphoric ester groups is 2. The van der Waals surface area contributed by atoms with Gasteiger partial charge in [-0.05, 0) is 167 Å². The first-order valence-electron chi connectivity index (χ1n) is 39.7. The molecule has 0 radical (unpaired) electrons. The molecule has 0 aliphatic heterocycles. The SMILES string of the molecule is CCCCC/C=C\C/C=C\C/C=C\C/C=C\CCCC(=O)OC[C@H](COP(=O)(O)OC[C@H](O)COP(=O)(O)OC[C@@H](COC(=O)CCC/C=C\C/C=C\C/C=C\C/C=C\CCCCC)OCCCCCCCCC/C=C\CCCCCCC=O)OCCCCCCC/C=C\CCCCCCC=O. The molecule has 0 spiro atoms. The Bertz CT molecular complexity index is 2340. The number of aldehydes is 2. The third-order valence-corrected chi connectivity index (χ3v) is 18.3. The van der Waals surface area contributed by atoms with E-state index in [1.54, 1.807) is 0 Å². The molecule has 0 heterocycles. The summed E-state index contributed by atoms with van der Waals surface area (Å²) >= 11 is 0. The summed E-state index contributed by atoms with van der Waals surface area (Å²) in [6, 6.07) is 0. The Hall–Kier alpha value is -4.22. The van der Waals surface area contributed by atoms with Crippen LogP contribution < -0.4 is 0 Å². The van der Waals surface area contributed by atoms with Gasteiger partial charge in [-0.15, -0.1) is 0 Å². The molecule has 102 heavy (non-hydrogen) atoms. The third kappa shape index (κ3) is 76.9. The van der Waals surface area contributed by atoms with Gasteiger partial charge in [-0.1, -0.05) is 238 Å². The summed E-state index contributed by atoms with van der Waals surface area (Å²) in [7, 11) is -9.69. The Morgan fingerprint density at radius 1 is 0.304 bits per heavy atom. The number of hydrogen-bond acceptors (Lipinski definition) is 15. The van der Waals surface area contributed by atoms with E-state index in [4.69, 9.17) is 37.0 Å². The van der Waals surface area contributed by atoms with Crippen LogP contribution in [0.3, 0.4) is 0 Å². The maximum absolute atomic E-state index is 13.1. The monoisotopic (exact) mass is 1470 g/mol. The van der Waals surface area contributed by atoms with Crippen LogP contribution in [0.4, 0.5) is 0 Å². The molecule has 0 rings (SSSR count). The smallest absolute Gasteiger partial charge is 0.463 e. The van der Waals surface area contributed by atoms with E-state index in [0.717, 1.165) is 212 Å². The Balaban J connectivity index is 5.31. The molecule has 0 saturated carbocycles. The number of carbonyl (C=O) groups is 4. The van der Waals surface area contributed by atoms with Gasteiger partial charge in [-0.25, -0.2) is 9.13 Å². The number of carbonyl (C=O) groups excluding carboxylic acids is 4. The summed E-state index contributed by atoms with van der Waals surface area (Å²) in [6.45, 7) is 1.98. The molecular formula is C83H142O17P2. The molecule has 0 bridgehead atoms. The van der Waals surface area contributed by atoms with Crippen LogP contribution in [-0.4, -0.2) is 111 Å². The molecule has 5 atom stereocenters. The highest BCUT2D eigenvalue weighted by atomic mass is 31.2. The van der Waals surface area contributed by atoms with Gasteiger partial charge in [-0.3, -0.25) is 27.7 Å². The summed E-state index contributed by atoms with van der Waals surface area (Å²) in [6.07, 6.45) is 86.1. The van der Waals surface area contributed by atoms with Crippen molar-refractivity contribution in [2.24, 2.45) is 0 Å². The van der Waals surface area contributed by atoms with Gasteiger partial charge in [0.2, 0.25) is 0 Å². The van der Waals surface area contributed by atoms with Crippen LogP contribution in [-0.2, 0) is 65.4 Å². The molecule has 0 fully saturated rings. The van der Waals surface area contributed by atoms with Gasteiger partial charge >= 0.3 is 27.6 Å². The summed E-state index contributed by atoms with van der Waals surface area (Å²) in [4.78, 5) is 67.9. The average Bonchev–Trinajstić information content (AvgIpc) is 0.968. The van der Waals surface area contributed by atoms with Gasteiger partial charge < -0.3 is 43.4 Å². The van der Waals surface area contributed by atoms with Gasteiger partial charge in [0.25, 0.3) is 0 Å². The summed E-state index contributed by atoms with van der Waals surface area (Å²) < 4.78 is 69.9. The minimum absolute atomic E-state index is 0.170. The van der Waals surface area contributed by atoms with Crippen molar-refractivity contribution < 1.29 is 80.2 Å². The zero-order valence-corrected chi connectivity index (χ0v) is 65.4. The summed E-state index contributed by atoms with van der Waals surface area (Å²) in [5, 5.41) is 10.6. The van der Waals surface area contributed by atoms with E-state index in [9.17, 15) is 43.2 Å². The highest BCUT2D eigenvalue weighted by molar-refractivity contribution is 7.47. The van der Waals surface area contributed by atoms with Gasteiger partial charge in [0.15, 0.2) is 0 Å². The van der Waals surface area contributed by atoms with Crippen molar-refractivity contribution >= 4 is 40.2 Å². The van der Waals surface area contributed by atoms with Crippen molar-refractivity contribution in [1.82, 2.24) is 0 Å². The van der Waals surface area contributed by atoms with E-state index in [1.807, 2.05) is 12.2 Å². The fourth-order valence-electron chi connectivity index (χ4n) is 10.3. The molecular weight excluding hydrogens is 1330 g/mol. The number of unbranched alkanes of at least 4 members (excludes halogenated alkanes) is 30. The van der Waals surface area contributed by atoms with E-state index in [-0.39, 0.29) is 26.1 Å². The number of rotatable bonds is 78. The summed E-state index contributed by atoms with van der Waals surface area (Å²) in [5.74, 6) is -0.884. The van der Waals surface area contributed by atoms with E-state index >= 15 is 0 Å². The molecule has 0 aromatic heterocycles. The van der Waals surface area contributed by atoms with Crippen molar-refractivity contribution in [3.63, 3.8) is 0 Å². The molecule has 17 nitrogen and oxygen atoms in total. The van der Waals surface area contributed by atoms with Crippen LogP contribution in [0.2, 0.25) is 0 Å². The average molecular weight is 1470 g/mol. The lowest BCUT2D eigenvalue weighted by atomic mass is 10.1. The zero-order chi connectivity index (χ0) is 74.3. The predicted octanol–water partition coefficient (Wildman–Crippen LogP) is 22.4. The quantitative estimate of drug-likeness (QED) is 0.0169. The molecule has 2 unspecified atom stereocenters. The number of allylic oxidation sites excluding steroid dienone is 20.